The minimum atomic E-state index is -0.0377. The summed E-state index contributed by atoms with van der Waals surface area (Å²) in [6.45, 7) is 5.73. The molecule has 1 aromatic carbocycles. The number of carbonyl (C=O) groups excluding carboxylic acids is 1. The molecule has 0 aromatic heterocycles. The first kappa shape index (κ1) is 21.6. The number of carbonyl (C=O) groups is 1. The molecule has 0 atom stereocenters. The molecule has 0 saturated carbocycles. The molecule has 0 aliphatic heterocycles. The molecule has 0 spiro atoms. The molecule has 1 aromatic rings. The van der Waals surface area contributed by atoms with E-state index in [1.165, 1.54) is 4.90 Å². The summed E-state index contributed by atoms with van der Waals surface area (Å²) in [5.74, 6) is 2.62. The molecular formula is C19H32N4O3. The Kier molecular flexibility index (Phi) is 8.75. The largest absolute Gasteiger partial charge is 0.497 e. The number of guanidine groups is 1. The predicted octanol–water partition coefficient (Wildman–Crippen LogP) is 1.83. The molecule has 7 heteroatoms. The van der Waals surface area contributed by atoms with E-state index < -0.39 is 0 Å². The van der Waals surface area contributed by atoms with Crippen molar-refractivity contribution in [3.05, 3.63) is 23.8 Å². The highest BCUT2D eigenvalue weighted by Crippen LogP contribution is 2.25. The third kappa shape index (κ3) is 6.82. The number of hydrogen-bond acceptors (Lipinski definition) is 4. The van der Waals surface area contributed by atoms with Crippen LogP contribution in [0.25, 0.3) is 0 Å². The predicted molar refractivity (Wildman–Crippen MR) is 105 cm³/mol. The highest BCUT2D eigenvalue weighted by atomic mass is 16.5. The van der Waals surface area contributed by atoms with Gasteiger partial charge >= 0.3 is 0 Å². The van der Waals surface area contributed by atoms with Crippen molar-refractivity contribution in [2.45, 2.75) is 20.4 Å². The Bertz CT molecular complexity index is 615. The van der Waals surface area contributed by atoms with Crippen LogP contribution in [0.5, 0.6) is 11.5 Å². The van der Waals surface area contributed by atoms with Crippen molar-refractivity contribution in [1.82, 2.24) is 15.1 Å². The summed E-state index contributed by atoms with van der Waals surface area (Å²) in [6, 6.07) is 5.73. The third-order valence-corrected chi connectivity index (χ3v) is 3.79. The van der Waals surface area contributed by atoms with Crippen molar-refractivity contribution in [2.75, 3.05) is 48.5 Å². The maximum absolute atomic E-state index is 11.9. The van der Waals surface area contributed by atoms with Gasteiger partial charge in [-0.15, -0.1) is 0 Å². The van der Waals surface area contributed by atoms with Crippen molar-refractivity contribution >= 4 is 11.9 Å². The SMILES string of the molecule is COc1ccc(CN(C)C(=NCC(=O)N(C)C)NCC(C)C)c(OC)c1. The second-order valence-corrected chi connectivity index (χ2v) is 6.74. The van der Waals surface area contributed by atoms with Gasteiger partial charge in [0.15, 0.2) is 5.96 Å². The van der Waals surface area contributed by atoms with Crippen LogP contribution in [0.3, 0.4) is 0 Å². The number of amides is 1. The van der Waals surface area contributed by atoms with Crippen LogP contribution in [0.4, 0.5) is 0 Å². The van der Waals surface area contributed by atoms with Crippen molar-refractivity contribution in [3.8, 4) is 11.5 Å². The fourth-order valence-electron chi connectivity index (χ4n) is 2.20. The molecule has 0 heterocycles. The van der Waals surface area contributed by atoms with Crippen LogP contribution in [-0.4, -0.2) is 70.1 Å². The summed E-state index contributed by atoms with van der Waals surface area (Å²) < 4.78 is 10.7. The number of aliphatic imine (C=N–C) groups is 1. The van der Waals surface area contributed by atoms with Crippen molar-refractivity contribution in [2.24, 2.45) is 10.9 Å². The average Bonchev–Trinajstić information content (AvgIpc) is 2.61. The van der Waals surface area contributed by atoms with E-state index in [4.69, 9.17) is 9.47 Å². The van der Waals surface area contributed by atoms with Crippen molar-refractivity contribution in [1.29, 1.82) is 0 Å². The van der Waals surface area contributed by atoms with E-state index in [1.54, 1.807) is 28.3 Å². The summed E-state index contributed by atoms with van der Waals surface area (Å²) in [7, 11) is 8.66. The van der Waals surface area contributed by atoms with Crippen LogP contribution in [0, 0.1) is 5.92 Å². The fraction of sp³-hybridized carbons (Fsp3) is 0.579. The maximum atomic E-state index is 11.9. The van der Waals surface area contributed by atoms with Crippen LogP contribution in [-0.2, 0) is 11.3 Å². The molecule has 1 N–H and O–H groups in total. The normalized spacial score (nSPS) is 11.3. The standard InChI is InChI=1S/C19H32N4O3/c1-14(2)11-20-19(21-12-18(24)22(3)4)23(5)13-15-8-9-16(25-6)10-17(15)26-7/h8-10,14H,11-13H2,1-7H3,(H,20,21). The van der Waals surface area contributed by atoms with Gasteiger partial charge in [0.25, 0.3) is 0 Å². The van der Waals surface area contributed by atoms with E-state index in [-0.39, 0.29) is 12.5 Å². The van der Waals surface area contributed by atoms with Gasteiger partial charge in [0.2, 0.25) is 5.91 Å². The number of hydrogen-bond donors (Lipinski definition) is 1. The highest BCUT2D eigenvalue weighted by molar-refractivity contribution is 5.84. The van der Waals surface area contributed by atoms with Crippen LogP contribution in [0.15, 0.2) is 23.2 Å². The lowest BCUT2D eigenvalue weighted by atomic mass is 10.2. The van der Waals surface area contributed by atoms with Gasteiger partial charge in [-0.05, 0) is 18.1 Å². The quantitative estimate of drug-likeness (QED) is 0.563. The van der Waals surface area contributed by atoms with E-state index in [0.29, 0.717) is 18.4 Å². The Labute approximate surface area is 157 Å². The Balaban J connectivity index is 2.95. The van der Waals surface area contributed by atoms with E-state index in [9.17, 15) is 4.79 Å². The van der Waals surface area contributed by atoms with E-state index >= 15 is 0 Å². The summed E-state index contributed by atoms with van der Waals surface area (Å²) in [4.78, 5) is 19.9. The van der Waals surface area contributed by atoms with E-state index in [1.807, 2.05) is 30.1 Å². The molecule has 1 amide bonds. The first-order valence-electron chi connectivity index (χ1n) is 8.69. The van der Waals surface area contributed by atoms with E-state index in [2.05, 4.69) is 24.2 Å². The first-order chi connectivity index (χ1) is 12.3. The van der Waals surface area contributed by atoms with Gasteiger partial charge in [0, 0.05) is 45.9 Å². The van der Waals surface area contributed by atoms with Gasteiger partial charge in [-0.2, -0.15) is 0 Å². The van der Waals surface area contributed by atoms with Gasteiger partial charge in [0.05, 0.1) is 14.2 Å². The molecule has 1 rings (SSSR count). The number of benzene rings is 1. The number of nitrogens with zero attached hydrogens (tertiary/aromatic N) is 3. The molecule has 0 unspecified atom stereocenters. The lowest BCUT2D eigenvalue weighted by Crippen LogP contribution is -2.41. The fourth-order valence-corrected chi connectivity index (χ4v) is 2.20. The minimum Gasteiger partial charge on any atom is -0.497 e. The summed E-state index contributed by atoms with van der Waals surface area (Å²) in [6.07, 6.45) is 0. The van der Waals surface area contributed by atoms with Crippen LogP contribution in [0.2, 0.25) is 0 Å². The molecule has 0 aliphatic carbocycles. The number of methoxy groups -OCH3 is 2. The number of nitrogens with one attached hydrogen (secondary N) is 1. The van der Waals surface area contributed by atoms with Crippen molar-refractivity contribution in [3.63, 3.8) is 0 Å². The molecule has 0 saturated heterocycles. The van der Waals surface area contributed by atoms with Gasteiger partial charge < -0.3 is 24.6 Å². The molecule has 0 fully saturated rings. The van der Waals surface area contributed by atoms with Crippen LogP contribution >= 0.6 is 0 Å². The topological polar surface area (TPSA) is 66.4 Å². The van der Waals surface area contributed by atoms with Gasteiger partial charge in [-0.3, -0.25) is 4.79 Å². The smallest absolute Gasteiger partial charge is 0.243 e. The Morgan fingerprint density at radius 3 is 2.42 bits per heavy atom. The van der Waals surface area contributed by atoms with Crippen LogP contribution < -0.4 is 14.8 Å². The summed E-state index contributed by atoms with van der Waals surface area (Å²) in [5, 5.41) is 3.33. The average molecular weight is 364 g/mol. The Morgan fingerprint density at radius 2 is 1.88 bits per heavy atom. The molecule has 0 bridgehead atoms. The van der Waals surface area contributed by atoms with Crippen LogP contribution in [0.1, 0.15) is 19.4 Å². The lowest BCUT2D eigenvalue weighted by molar-refractivity contribution is -0.127. The molecular weight excluding hydrogens is 332 g/mol. The van der Waals surface area contributed by atoms with E-state index in [0.717, 1.165) is 23.6 Å². The summed E-state index contributed by atoms with van der Waals surface area (Å²) in [5.41, 5.74) is 1.01. The van der Waals surface area contributed by atoms with Crippen molar-refractivity contribution < 1.29 is 14.3 Å². The molecule has 7 nitrogen and oxygen atoms in total. The van der Waals surface area contributed by atoms with Gasteiger partial charge in [-0.1, -0.05) is 13.8 Å². The molecule has 146 valence electrons. The zero-order valence-corrected chi connectivity index (χ0v) is 17.0. The monoisotopic (exact) mass is 364 g/mol. The second kappa shape index (κ2) is 10.5. The second-order valence-electron chi connectivity index (χ2n) is 6.74. The lowest BCUT2D eigenvalue weighted by Gasteiger charge is -2.24. The first-order valence-corrected chi connectivity index (χ1v) is 8.69. The maximum Gasteiger partial charge on any atom is 0.243 e. The zero-order valence-electron chi connectivity index (χ0n) is 17.0. The number of likely N-dealkylation sites (N-methyl/N-ethyl adjacent to an activating group) is 1. The minimum absolute atomic E-state index is 0.0377. The Hall–Kier alpha value is -2.44. The molecule has 26 heavy (non-hydrogen) atoms. The molecule has 0 aliphatic rings. The molecule has 0 radical (unpaired) electrons. The highest BCUT2D eigenvalue weighted by Gasteiger charge is 2.13. The number of ether oxygens (including phenoxy) is 2. The van der Waals surface area contributed by atoms with Gasteiger partial charge in [-0.25, -0.2) is 4.99 Å². The zero-order chi connectivity index (χ0) is 19.7. The van der Waals surface area contributed by atoms with Gasteiger partial charge in [0.1, 0.15) is 18.0 Å². The summed E-state index contributed by atoms with van der Waals surface area (Å²) >= 11 is 0. The number of rotatable bonds is 8. The Morgan fingerprint density at radius 1 is 1.19 bits per heavy atom. The third-order valence-electron chi connectivity index (χ3n) is 3.79.